The van der Waals surface area contributed by atoms with Gasteiger partial charge in [0.2, 0.25) is 10.0 Å². The number of nitrogens with one attached hydrogen (secondary N) is 3. The maximum atomic E-state index is 12.1. The molecule has 7 heteroatoms. The van der Waals surface area contributed by atoms with E-state index < -0.39 is 15.6 Å². The first-order chi connectivity index (χ1) is 9.66. The van der Waals surface area contributed by atoms with Crippen LogP contribution >= 0.6 is 0 Å². The number of sulfonamides is 1. The number of carbonyl (C=O) groups is 1. The first kappa shape index (κ1) is 15.8. The number of hydrogen-bond donors (Lipinski definition) is 3. The molecule has 1 aliphatic rings. The Bertz CT molecular complexity index is 653. The predicted molar refractivity (Wildman–Crippen MR) is 83.0 cm³/mol. The fourth-order valence-corrected chi connectivity index (χ4v) is 3.46. The van der Waals surface area contributed by atoms with Gasteiger partial charge in [0.05, 0.1) is 6.26 Å². The van der Waals surface area contributed by atoms with Crippen molar-refractivity contribution in [1.29, 1.82) is 0 Å². The fourth-order valence-electron chi connectivity index (χ4n) is 2.39. The number of rotatable bonds is 5. The zero-order chi connectivity index (χ0) is 15.7. The van der Waals surface area contributed by atoms with Crippen LogP contribution in [0.15, 0.2) is 18.2 Å². The zero-order valence-electron chi connectivity index (χ0n) is 12.5. The number of benzene rings is 1. The molecule has 0 atom stereocenters. The molecular formula is C14H21N3O3S. The summed E-state index contributed by atoms with van der Waals surface area (Å²) < 4.78 is 25.0. The summed E-state index contributed by atoms with van der Waals surface area (Å²) in [7, 11) is -3.31. The molecule has 1 aliphatic heterocycles. The molecule has 0 fully saturated rings. The van der Waals surface area contributed by atoms with Gasteiger partial charge in [-0.2, -0.15) is 0 Å². The zero-order valence-corrected chi connectivity index (χ0v) is 13.3. The van der Waals surface area contributed by atoms with Crippen molar-refractivity contribution < 1.29 is 13.2 Å². The van der Waals surface area contributed by atoms with E-state index in [1.807, 2.05) is 12.1 Å². The maximum Gasteiger partial charge on any atom is 0.251 e. The summed E-state index contributed by atoms with van der Waals surface area (Å²) in [6.07, 6.45) is 2.02. The Balaban J connectivity index is 1.99. The molecule has 1 aromatic carbocycles. The Morgan fingerprint density at radius 3 is 2.76 bits per heavy atom. The van der Waals surface area contributed by atoms with E-state index in [9.17, 15) is 13.2 Å². The largest absolute Gasteiger partial charge is 0.384 e. The molecule has 1 aromatic rings. The van der Waals surface area contributed by atoms with Crippen molar-refractivity contribution in [3.8, 4) is 0 Å². The monoisotopic (exact) mass is 311 g/mol. The Kier molecular flexibility index (Phi) is 4.25. The number of fused-ring (bicyclic) bond motifs is 1. The van der Waals surface area contributed by atoms with Gasteiger partial charge in [0, 0.05) is 29.9 Å². The second-order valence-electron chi connectivity index (χ2n) is 5.99. The normalized spacial score (nSPS) is 14.4. The van der Waals surface area contributed by atoms with E-state index in [-0.39, 0.29) is 12.5 Å². The summed E-state index contributed by atoms with van der Waals surface area (Å²) in [5.41, 5.74) is 2.07. The van der Waals surface area contributed by atoms with Crippen LogP contribution in [-0.4, -0.2) is 39.2 Å². The van der Waals surface area contributed by atoms with E-state index in [0.717, 1.165) is 30.5 Å². The molecule has 0 saturated heterocycles. The maximum absolute atomic E-state index is 12.1. The molecule has 1 amide bonds. The van der Waals surface area contributed by atoms with E-state index >= 15 is 0 Å². The molecule has 6 nitrogen and oxygen atoms in total. The van der Waals surface area contributed by atoms with Crippen LogP contribution in [0, 0.1) is 0 Å². The van der Waals surface area contributed by atoms with Gasteiger partial charge in [-0.15, -0.1) is 0 Å². The Morgan fingerprint density at radius 2 is 2.10 bits per heavy atom. The lowest BCUT2D eigenvalue weighted by molar-refractivity contribution is 0.0944. The van der Waals surface area contributed by atoms with Gasteiger partial charge < -0.3 is 10.6 Å². The summed E-state index contributed by atoms with van der Waals surface area (Å²) in [5, 5.41) is 6.01. The highest BCUT2D eigenvalue weighted by Crippen LogP contribution is 2.22. The summed E-state index contributed by atoms with van der Waals surface area (Å²) in [6, 6.07) is 5.54. The fraction of sp³-hybridized carbons (Fsp3) is 0.500. The van der Waals surface area contributed by atoms with Crippen LogP contribution in [0.3, 0.4) is 0 Å². The summed E-state index contributed by atoms with van der Waals surface area (Å²) in [5.74, 6) is -0.201. The van der Waals surface area contributed by atoms with E-state index in [4.69, 9.17) is 0 Å². The van der Waals surface area contributed by atoms with Gasteiger partial charge in [0.15, 0.2) is 0 Å². The first-order valence-corrected chi connectivity index (χ1v) is 8.69. The summed E-state index contributed by atoms with van der Waals surface area (Å²) in [6.45, 7) is 4.56. The highest BCUT2D eigenvalue weighted by atomic mass is 32.2. The molecule has 0 bridgehead atoms. The third-order valence-corrected chi connectivity index (χ3v) is 4.15. The summed E-state index contributed by atoms with van der Waals surface area (Å²) in [4.78, 5) is 12.1. The lowest BCUT2D eigenvalue weighted by atomic mass is 10.1. The Morgan fingerprint density at radius 1 is 1.38 bits per heavy atom. The molecule has 2 rings (SSSR count). The van der Waals surface area contributed by atoms with Crippen LogP contribution in [0.1, 0.15) is 29.8 Å². The van der Waals surface area contributed by atoms with Gasteiger partial charge in [-0.3, -0.25) is 4.79 Å². The number of amides is 1. The lowest BCUT2D eigenvalue weighted by Crippen LogP contribution is -2.51. The van der Waals surface area contributed by atoms with Gasteiger partial charge in [-0.1, -0.05) is 0 Å². The third kappa shape index (κ3) is 4.44. The quantitative estimate of drug-likeness (QED) is 0.747. The van der Waals surface area contributed by atoms with Crippen molar-refractivity contribution in [2.45, 2.75) is 25.8 Å². The molecule has 116 valence electrons. The van der Waals surface area contributed by atoms with Crippen LogP contribution in [0.5, 0.6) is 0 Å². The van der Waals surface area contributed by atoms with Gasteiger partial charge >= 0.3 is 0 Å². The van der Waals surface area contributed by atoms with Crippen molar-refractivity contribution in [2.24, 2.45) is 0 Å². The van der Waals surface area contributed by atoms with E-state index in [2.05, 4.69) is 15.4 Å². The molecule has 0 spiro atoms. The van der Waals surface area contributed by atoms with Gasteiger partial charge in [0.25, 0.3) is 5.91 Å². The van der Waals surface area contributed by atoms with E-state index in [0.29, 0.717) is 5.56 Å². The van der Waals surface area contributed by atoms with Gasteiger partial charge in [-0.25, -0.2) is 13.1 Å². The minimum absolute atomic E-state index is 0.201. The SMILES string of the molecule is CC(C)(CNC(=O)c1ccc2c(c1)CCN2)NS(C)(=O)=O. The number of hydrogen-bond acceptors (Lipinski definition) is 4. The Labute approximate surface area is 125 Å². The van der Waals surface area contributed by atoms with E-state index in [1.165, 1.54) is 0 Å². The van der Waals surface area contributed by atoms with Gasteiger partial charge in [-0.05, 0) is 44.0 Å². The minimum atomic E-state index is -3.31. The second kappa shape index (κ2) is 5.65. The van der Waals surface area contributed by atoms with Crippen molar-refractivity contribution in [3.05, 3.63) is 29.3 Å². The molecule has 0 saturated carbocycles. The van der Waals surface area contributed by atoms with Crippen LogP contribution in [0.4, 0.5) is 5.69 Å². The molecular weight excluding hydrogens is 290 g/mol. The molecule has 21 heavy (non-hydrogen) atoms. The summed E-state index contributed by atoms with van der Waals surface area (Å²) >= 11 is 0. The molecule has 0 unspecified atom stereocenters. The van der Waals surface area contributed by atoms with Crippen molar-refractivity contribution in [1.82, 2.24) is 10.0 Å². The van der Waals surface area contributed by atoms with Crippen molar-refractivity contribution in [2.75, 3.05) is 24.7 Å². The number of carbonyl (C=O) groups excluding carboxylic acids is 1. The molecule has 0 radical (unpaired) electrons. The van der Waals surface area contributed by atoms with E-state index in [1.54, 1.807) is 19.9 Å². The van der Waals surface area contributed by atoms with Crippen molar-refractivity contribution in [3.63, 3.8) is 0 Å². The number of anilines is 1. The van der Waals surface area contributed by atoms with Crippen LogP contribution in [0.25, 0.3) is 0 Å². The first-order valence-electron chi connectivity index (χ1n) is 6.80. The smallest absolute Gasteiger partial charge is 0.251 e. The standard InChI is InChI=1S/C14H21N3O3S/c1-14(2,17-21(3,19)20)9-16-13(18)11-4-5-12-10(8-11)6-7-15-12/h4-5,8,15,17H,6-7,9H2,1-3H3,(H,16,18). The highest BCUT2D eigenvalue weighted by Gasteiger charge is 2.23. The van der Waals surface area contributed by atoms with Crippen LogP contribution in [-0.2, 0) is 16.4 Å². The highest BCUT2D eigenvalue weighted by molar-refractivity contribution is 7.88. The van der Waals surface area contributed by atoms with Crippen LogP contribution in [0.2, 0.25) is 0 Å². The lowest BCUT2D eigenvalue weighted by Gasteiger charge is -2.25. The topological polar surface area (TPSA) is 87.3 Å². The molecule has 0 aromatic heterocycles. The third-order valence-electron chi connectivity index (χ3n) is 3.23. The van der Waals surface area contributed by atoms with Crippen molar-refractivity contribution >= 4 is 21.6 Å². The average Bonchev–Trinajstić information content (AvgIpc) is 2.80. The molecule has 0 aliphatic carbocycles. The Hall–Kier alpha value is -1.60. The minimum Gasteiger partial charge on any atom is -0.384 e. The average molecular weight is 311 g/mol. The van der Waals surface area contributed by atoms with Gasteiger partial charge in [0.1, 0.15) is 0 Å². The van der Waals surface area contributed by atoms with Crippen LogP contribution < -0.4 is 15.4 Å². The second-order valence-corrected chi connectivity index (χ2v) is 7.74. The predicted octanol–water partition coefficient (Wildman–Crippen LogP) is 0.712. The molecule has 3 N–H and O–H groups in total. The molecule has 1 heterocycles.